The fraction of sp³-hybridized carbons (Fsp3) is 0.115. The number of H-pyrrole nitrogens is 1. The van der Waals surface area contributed by atoms with Crippen LogP contribution in [-0.2, 0) is 6.54 Å². The molecule has 0 aliphatic carbocycles. The van der Waals surface area contributed by atoms with Gasteiger partial charge in [0.2, 0.25) is 0 Å². The van der Waals surface area contributed by atoms with Crippen molar-refractivity contribution in [1.82, 2.24) is 15.3 Å². The molecule has 0 unspecified atom stereocenters. The van der Waals surface area contributed by atoms with E-state index in [1.165, 1.54) is 12.4 Å². The fourth-order valence-corrected chi connectivity index (χ4v) is 3.87. The number of anilines is 2. The van der Waals surface area contributed by atoms with Crippen molar-refractivity contribution in [2.75, 3.05) is 10.7 Å². The molecule has 4 rings (SSSR count). The number of nitrogens with one attached hydrogen (secondary N) is 4. The smallest absolute Gasteiger partial charge is 0.255 e. The van der Waals surface area contributed by atoms with Crippen molar-refractivity contribution in [3.8, 4) is 11.1 Å². The molecule has 0 radical (unpaired) electrons. The SMILES string of the molecule is C[C@H](NC(=O)c1cccnc1NCc1cccc(-c2c[nH]c(N=CN)c2NN)c1)c1ccc(F)c(F)c1. The molecule has 1 amide bonds. The quantitative estimate of drug-likeness (QED) is 0.0864. The van der Waals surface area contributed by atoms with E-state index in [-0.39, 0.29) is 0 Å². The van der Waals surface area contributed by atoms with Crippen molar-refractivity contribution in [1.29, 1.82) is 0 Å². The van der Waals surface area contributed by atoms with Crippen LogP contribution in [0, 0.1) is 11.6 Å². The lowest BCUT2D eigenvalue weighted by molar-refractivity contribution is 0.0940. The van der Waals surface area contributed by atoms with E-state index in [9.17, 15) is 13.6 Å². The van der Waals surface area contributed by atoms with E-state index in [1.807, 2.05) is 24.3 Å². The van der Waals surface area contributed by atoms with Crippen LogP contribution in [0.3, 0.4) is 0 Å². The van der Waals surface area contributed by atoms with Crippen LogP contribution < -0.4 is 27.6 Å². The number of carbonyl (C=O) groups is 1. The van der Waals surface area contributed by atoms with Crippen LogP contribution in [0.15, 0.2) is 72.0 Å². The van der Waals surface area contributed by atoms with Gasteiger partial charge in [-0.3, -0.25) is 10.6 Å². The van der Waals surface area contributed by atoms with Crippen molar-refractivity contribution in [3.05, 3.63) is 95.3 Å². The zero-order chi connectivity index (χ0) is 26.4. The molecule has 0 spiro atoms. The third kappa shape index (κ3) is 5.73. The maximum absolute atomic E-state index is 13.6. The standard InChI is InChI=1S/C26H26F2N8O/c1-15(17-7-8-21(27)22(28)11-17)35-26(37)19-6-3-9-31-24(19)32-12-16-4-2-5-18(10-16)20-13-33-25(34-14-29)23(20)36-30/h2-11,13-15,33,36H,12,30H2,1H3,(H2,29,34)(H,31,32)(H,35,37)/t15-/m0/s1. The molecule has 0 saturated heterocycles. The average molecular weight is 505 g/mol. The Balaban J connectivity index is 1.49. The summed E-state index contributed by atoms with van der Waals surface area (Å²) in [4.78, 5) is 24.4. The Morgan fingerprint density at radius 2 is 2.00 bits per heavy atom. The molecule has 37 heavy (non-hydrogen) atoms. The van der Waals surface area contributed by atoms with Gasteiger partial charge in [-0.15, -0.1) is 0 Å². The first-order valence-electron chi connectivity index (χ1n) is 11.4. The molecule has 0 aliphatic heterocycles. The Kier molecular flexibility index (Phi) is 7.74. The minimum absolute atomic E-state index is 0.317. The lowest BCUT2D eigenvalue weighted by atomic mass is 10.0. The number of benzene rings is 2. The van der Waals surface area contributed by atoms with Crippen LogP contribution in [0.5, 0.6) is 0 Å². The molecule has 0 fully saturated rings. The second-order valence-corrected chi connectivity index (χ2v) is 8.17. The van der Waals surface area contributed by atoms with Gasteiger partial charge in [0.15, 0.2) is 17.5 Å². The molecular formula is C26H26F2N8O. The van der Waals surface area contributed by atoms with Crippen LogP contribution >= 0.6 is 0 Å². The molecule has 9 nitrogen and oxygen atoms in total. The van der Waals surface area contributed by atoms with Gasteiger partial charge in [0, 0.05) is 24.5 Å². The van der Waals surface area contributed by atoms with E-state index < -0.39 is 23.6 Å². The maximum Gasteiger partial charge on any atom is 0.255 e. The lowest BCUT2D eigenvalue weighted by Crippen LogP contribution is -2.27. The average Bonchev–Trinajstić information content (AvgIpc) is 3.32. The van der Waals surface area contributed by atoms with Gasteiger partial charge in [0.05, 0.1) is 17.9 Å². The number of nitrogens with zero attached hydrogens (tertiary/aromatic N) is 2. The summed E-state index contributed by atoms with van der Waals surface area (Å²) in [5, 5.41) is 6.01. The van der Waals surface area contributed by atoms with E-state index in [0.29, 0.717) is 35.0 Å². The monoisotopic (exact) mass is 504 g/mol. The van der Waals surface area contributed by atoms with Crippen molar-refractivity contribution in [2.24, 2.45) is 16.6 Å². The Hall–Kier alpha value is -4.77. The predicted octanol–water partition coefficient (Wildman–Crippen LogP) is 4.36. The van der Waals surface area contributed by atoms with Crippen molar-refractivity contribution in [2.45, 2.75) is 19.5 Å². The van der Waals surface area contributed by atoms with Gasteiger partial charge in [0.25, 0.3) is 5.91 Å². The number of carbonyl (C=O) groups excluding carboxylic acids is 1. The second-order valence-electron chi connectivity index (χ2n) is 8.17. The number of nitrogens with two attached hydrogens (primary N) is 2. The zero-order valence-electron chi connectivity index (χ0n) is 19.9. The normalized spacial score (nSPS) is 11.9. The van der Waals surface area contributed by atoms with E-state index >= 15 is 0 Å². The molecule has 0 saturated carbocycles. The highest BCUT2D eigenvalue weighted by molar-refractivity contribution is 5.99. The van der Waals surface area contributed by atoms with Crippen LogP contribution in [0.4, 0.5) is 26.1 Å². The van der Waals surface area contributed by atoms with Crippen LogP contribution in [0.25, 0.3) is 11.1 Å². The Morgan fingerprint density at radius 3 is 2.76 bits per heavy atom. The lowest BCUT2D eigenvalue weighted by Gasteiger charge is -2.16. The molecular weight excluding hydrogens is 478 g/mol. The highest BCUT2D eigenvalue weighted by Crippen LogP contribution is 2.35. The minimum Gasteiger partial charge on any atom is -0.390 e. The molecule has 0 aliphatic rings. The molecule has 2 heterocycles. The molecule has 2 aromatic heterocycles. The number of aliphatic imine (C=N–C) groups is 1. The summed E-state index contributed by atoms with van der Waals surface area (Å²) in [5.74, 6) is 4.26. The summed E-state index contributed by atoms with van der Waals surface area (Å²) in [6.07, 6.45) is 4.53. The maximum atomic E-state index is 13.6. The van der Waals surface area contributed by atoms with Crippen molar-refractivity contribution >= 4 is 29.6 Å². The third-order valence-corrected chi connectivity index (χ3v) is 5.75. The summed E-state index contributed by atoms with van der Waals surface area (Å²) in [6, 6.07) is 14.0. The largest absolute Gasteiger partial charge is 0.390 e. The number of nitrogen functional groups attached to an aromatic ring is 1. The van der Waals surface area contributed by atoms with Gasteiger partial charge in [0.1, 0.15) is 11.5 Å². The van der Waals surface area contributed by atoms with E-state index in [2.05, 4.69) is 31.0 Å². The third-order valence-electron chi connectivity index (χ3n) is 5.75. The highest BCUT2D eigenvalue weighted by Gasteiger charge is 2.17. The number of aromatic nitrogens is 2. The topological polar surface area (TPSA) is 146 Å². The van der Waals surface area contributed by atoms with Crippen molar-refractivity contribution < 1.29 is 13.6 Å². The Labute approximate surface area is 212 Å². The molecule has 1 atom stereocenters. The predicted molar refractivity (Wildman–Crippen MR) is 140 cm³/mol. The van der Waals surface area contributed by atoms with Gasteiger partial charge >= 0.3 is 0 Å². The first-order chi connectivity index (χ1) is 17.9. The first-order valence-corrected chi connectivity index (χ1v) is 11.4. The summed E-state index contributed by atoms with van der Waals surface area (Å²) < 4.78 is 26.9. The summed E-state index contributed by atoms with van der Waals surface area (Å²) in [6.45, 7) is 2.07. The zero-order valence-corrected chi connectivity index (χ0v) is 19.9. The van der Waals surface area contributed by atoms with Crippen LogP contribution in [-0.4, -0.2) is 22.2 Å². The number of hydrazine groups is 1. The van der Waals surface area contributed by atoms with Gasteiger partial charge in [-0.25, -0.2) is 18.8 Å². The van der Waals surface area contributed by atoms with Crippen LogP contribution in [0.1, 0.15) is 34.5 Å². The van der Waals surface area contributed by atoms with E-state index in [1.54, 1.807) is 31.5 Å². The summed E-state index contributed by atoms with van der Waals surface area (Å²) in [7, 11) is 0. The molecule has 8 N–H and O–H groups in total. The molecule has 4 aromatic rings. The van der Waals surface area contributed by atoms with Gasteiger partial charge < -0.3 is 26.8 Å². The first kappa shape index (κ1) is 25.3. The molecule has 11 heteroatoms. The number of rotatable bonds is 9. The second kappa shape index (κ2) is 11.3. The Morgan fingerprint density at radius 1 is 1.16 bits per heavy atom. The van der Waals surface area contributed by atoms with Crippen LogP contribution in [0.2, 0.25) is 0 Å². The number of halogens is 2. The molecule has 2 aromatic carbocycles. The fourth-order valence-electron chi connectivity index (χ4n) is 3.87. The number of amides is 1. The van der Waals surface area contributed by atoms with E-state index in [0.717, 1.165) is 28.8 Å². The van der Waals surface area contributed by atoms with E-state index in [4.69, 9.17) is 11.6 Å². The number of aromatic amines is 1. The van der Waals surface area contributed by atoms with Gasteiger partial charge in [-0.2, -0.15) is 0 Å². The molecule has 0 bridgehead atoms. The molecule has 190 valence electrons. The van der Waals surface area contributed by atoms with Gasteiger partial charge in [-0.05, 0) is 53.9 Å². The Bertz CT molecular complexity index is 1440. The minimum atomic E-state index is -0.970. The summed E-state index contributed by atoms with van der Waals surface area (Å²) >= 11 is 0. The number of hydrogen-bond acceptors (Lipinski definition) is 6. The van der Waals surface area contributed by atoms with Gasteiger partial charge in [-0.1, -0.05) is 24.3 Å². The summed E-state index contributed by atoms with van der Waals surface area (Å²) in [5.41, 5.74) is 12.0. The number of pyridine rings is 1. The highest BCUT2D eigenvalue weighted by atomic mass is 19.2. The van der Waals surface area contributed by atoms with Crippen molar-refractivity contribution in [3.63, 3.8) is 0 Å². The number of hydrogen-bond donors (Lipinski definition) is 6.